The number of hydrogen-bond donors (Lipinski definition) is 0. The summed E-state index contributed by atoms with van der Waals surface area (Å²) in [5.41, 5.74) is 1.61. The summed E-state index contributed by atoms with van der Waals surface area (Å²) in [5, 5.41) is 0.829. The van der Waals surface area contributed by atoms with Crippen LogP contribution >= 0.6 is 23.4 Å². The monoisotopic (exact) mass is 205 g/mol. The first-order valence-corrected chi connectivity index (χ1v) is 5.90. The van der Waals surface area contributed by atoms with Gasteiger partial charge < -0.3 is 0 Å². The van der Waals surface area contributed by atoms with Crippen molar-refractivity contribution in [3.05, 3.63) is 11.6 Å². The van der Waals surface area contributed by atoms with Gasteiger partial charge in [-0.2, -0.15) is 11.8 Å². The van der Waals surface area contributed by atoms with Crippen LogP contribution in [0, 0.1) is 0 Å². The normalized spacial score (nSPS) is 27.7. The molecule has 1 saturated heterocycles. The van der Waals surface area contributed by atoms with Crippen LogP contribution in [-0.2, 0) is 0 Å². The van der Waals surface area contributed by atoms with E-state index in [0.29, 0.717) is 0 Å². The van der Waals surface area contributed by atoms with Gasteiger partial charge in [0.1, 0.15) is 0 Å². The lowest BCUT2D eigenvalue weighted by atomic mass is 10.3. The molecule has 1 nitrogen and oxygen atoms in total. The summed E-state index contributed by atoms with van der Waals surface area (Å²) in [4.78, 5) is 2.45. The van der Waals surface area contributed by atoms with Gasteiger partial charge in [-0.1, -0.05) is 24.6 Å². The van der Waals surface area contributed by atoms with Crippen molar-refractivity contribution in [2.75, 3.05) is 25.4 Å². The van der Waals surface area contributed by atoms with Gasteiger partial charge in [0.05, 0.1) is 0 Å². The predicted octanol–water partition coefficient (Wildman–Crippen LogP) is 2.57. The van der Waals surface area contributed by atoms with Crippen molar-refractivity contribution >= 4 is 23.4 Å². The Morgan fingerprint density at radius 3 is 3.17 bits per heavy atom. The fourth-order valence-electron chi connectivity index (χ4n) is 1.31. The van der Waals surface area contributed by atoms with Crippen molar-refractivity contribution in [3.63, 3.8) is 0 Å². The van der Waals surface area contributed by atoms with Gasteiger partial charge in [0, 0.05) is 29.6 Å². The van der Waals surface area contributed by atoms with Crippen molar-refractivity contribution in [1.29, 1.82) is 0 Å². The van der Waals surface area contributed by atoms with Crippen LogP contribution in [0.4, 0.5) is 0 Å². The highest BCUT2D eigenvalue weighted by Gasteiger charge is 2.12. The summed E-state index contributed by atoms with van der Waals surface area (Å²) in [6.07, 6.45) is 3.32. The smallest absolute Gasteiger partial charge is 0.0175 e. The Morgan fingerprint density at radius 2 is 2.42 bits per heavy atom. The number of rotatable bonds is 2. The van der Waals surface area contributed by atoms with Gasteiger partial charge >= 0.3 is 0 Å². The summed E-state index contributed by atoms with van der Waals surface area (Å²) in [7, 11) is 0. The third-order valence-electron chi connectivity index (χ3n) is 2.11. The number of nitrogens with zero attached hydrogens (tertiary/aromatic N) is 1. The third kappa shape index (κ3) is 3.83. The van der Waals surface area contributed by atoms with E-state index >= 15 is 0 Å². The molecule has 1 unspecified atom stereocenters. The van der Waals surface area contributed by atoms with E-state index in [0.717, 1.165) is 11.8 Å². The molecule has 1 heterocycles. The molecule has 0 amide bonds. The third-order valence-corrected chi connectivity index (χ3v) is 3.52. The molecular weight excluding hydrogens is 190 g/mol. The van der Waals surface area contributed by atoms with Crippen LogP contribution in [0.3, 0.4) is 0 Å². The largest absolute Gasteiger partial charge is 0.299 e. The zero-order valence-corrected chi connectivity index (χ0v) is 9.07. The lowest BCUT2D eigenvalue weighted by molar-refractivity contribution is 0.323. The molecule has 12 heavy (non-hydrogen) atoms. The number of halogens is 1. The Morgan fingerprint density at radius 1 is 1.58 bits per heavy atom. The zero-order valence-electron chi connectivity index (χ0n) is 7.50. The molecule has 70 valence electrons. The maximum absolute atomic E-state index is 5.48. The molecule has 1 aliphatic rings. The molecule has 0 saturated carbocycles. The molecule has 0 N–H and O–H groups in total. The summed E-state index contributed by atoms with van der Waals surface area (Å²) >= 11 is 7.56. The minimum absolute atomic E-state index is 0.829. The van der Waals surface area contributed by atoms with Gasteiger partial charge in [-0.05, 0) is 13.0 Å². The molecule has 3 heteroatoms. The molecule has 1 atom stereocenters. The van der Waals surface area contributed by atoms with E-state index in [1.165, 1.54) is 25.3 Å². The zero-order chi connectivity index (χ0) is 8.81. The minimum Gasteiger partial charge on any atom is -0.299 e. The summed E-state index contributed by atoms with van der Waals surface area (Å²) in [6.45, 7) is 5.74. The van der Waals surface area contributed by atoms with Crippen LogP contribution in [0.2, 0.25) is 0 Å². The number of thioether (sulfide) groups is 1. The second kappa shape index (κ2) is 5.90. The minimum atomic E-state index is 0.829. The van der Waals surface area contributed by atoms with Gasteiger partial charge in [-0.15, -0.1) is 0 Å². The van der Waals surface area contributed by atoms with Gasteiger partial charge in [0.2, 0.25) is 0 Å². The molecule has 0 bridgehead atoms. The van der Waals surface area contributed by atoms with Crippen LogP contribution in [0.1, 0.15) is 13.3 Å². The topological polar surface area (TPSA) is 3.24 Å². The average Bonchev–Trinajstić information content (AvgIpc) is 2.27. The second-order valence-corrected chi connectivity index (χ2v) is 4.93. The fraction of sp³-hybridized carbons (Fsp3) is 0.778. The highest BCUT2D eigenvalue weighted by atomic mass is 35.5. The predicted molar refractivity (Wildman–Crippen MR) is 58.0 cm³/mol. The van der Waals surface area contributed by atoms with E-state index < -0.39 is 0 Å². The van der Waals surface area contributed by atoms with Crippen molar-refractivity contribution < 1.29 is 0 Å². The van der Waals surface area contributed by atoms with Crippen molar-refractivity contribution in [2.24, 2.45) is 0 Å². The van der Waals surface area contributed by atoms with Gasteiger partial charge in [0.15, 0.2) is 0 Å². The van der Waals surface area contributed by atoms with E-state index in [2.05, 4.69) is 23.6 Å². The fourth-order valence-corrected chi connectivity index (χ4v) is 2.43. The molecule has 0 aromatic carbocycles. The number of hydrogen-bond acceptors (Lipinski definition) is 2. The van der Waals surface area contributed by atoms with Crippen LogP contribution < -0.4 is 0 Å². The van der Waals surface area contributed by atoms with Crippen LogP contribution in [-0.4, -0.2) is 35.5 Å². The van der Waals surface area contributed by atoms with E-state index in [-0.39, 0.29) is 0 Å². The Bertz CT molecular complexity index is 149. The SMILES string of the molecule is CC1CCN(C/C=C/Cl)CCS1. The molecule has 1 fully saturated rings. The van der Waals surface area contributed by atoms with Crippen molar-refractivity contribution in [2.45, 2.75) is 18.6 Å². The Labute approximate surface area is 84.1 Å². The molecule has 0 aromatic rings. The van der Waals surface area contributed by atoms with Crippen LogP contribution in [0.25, 0.3) is 0 Å². The van der Waals surface area contributed by atoms with Crippen molar-refractivity contribution in [3.8, 4) is 0 Å². The maximum atomic E-state index is 5.48. The van der Waals surface area contributed by atoms with Crippen LogP contribution in [0.5, 0.6) is 0 Å². The second-order valence-electron chi connectivity index (χ2n) is 3.13. The Hall–Kier alpha value is 0.340. The highest BCUT2D eigenvalue weighted by molar-refractivity contribution is 7.99. The lowest BCUT2D eigenvalue weighted by Crippen LogP contribution is -2.26. The van der Waals surface area contributed by atoms with E-state index in [1.54, 1.807) is 5.54 Å². The molecule has 0 aliphatic carbocycles. The summed E-state index contributed by atoms with van der Waals surface area (Å²) < 4.78 is 0. The molecule has 0 aromatic heterocycles. The van der Waals surface area contributed by atoms with E-state index in [9.17, 15) is 0 Å². The van der Waals surface area contributed by atoms with Gasteiger partial charge in [0.25, 0.3) is 0 Å². The Balaban J connectivity index is 2.25. The van der Waals surface area contributed by atoms with Gasteiger partial charge in [-0.3, -0.25) is 4.90 Å². The highest BCUT2D eigenvalue weighted by Crippen LogP contribution is 2.18. The Kier molecular flexibility index (Phi) is 5.12. The van der Waals surface area contributed by atoms with Gasteiger partial charge in [-0.25, -0.2) is 0 Å². The van der Waals surface area contributed by atoms with E-state index in [4.69, 9.17) is 11.6 Å². The summed E-state index contributed by atoms with van der Waals surface area (Å²) in [5.74, 6) is 1.26. The lowest BCUT2D eigenvalue weighted by Gasteiger charge is -2.16. The first kappa shape index (κ1) is 10.4. The van der Waals surface area contributed by atoms with Crippen molar-refractivity contribution in [1.82, 2.24) is 4.90 Å². The quantitative estimate of drug-likeness (QED) is 0.682. The molecular formula is C9H16ClNS. The summed E-state index contributed by atoms with van der Waals surface area (Å²) in [6, 6.07) is 0. The maximum Gasteiger partial charge on any atom is 0.0175 e. The molecule has 1 aliphatic heterocycles. The molecule has 0 spiro atoms. The average molecular weight is 206 g/mol. The first-order valence-electron chi connectivity index (χ1n) is 4.42. The standard InChI is InChI=1S/C9H16ClNS/c1-9-3-6-11(5-2-4-10)7-8-12-9/h2,4,9H,3,5-8H2,1H3/b4-2+. The van der Waals surface area contributed by atoms with E-state index in [1.807, 2.05) is 6.08 Å². The molecule has 1 rings (SSSR count). The van der Waals surface area contributed by atoms with Crippen LogP contribution in [0.15, 0.2) is 11.6 Å². The molecule has 0 radical (unpaired) electrons. The first-order chi connectivity index (χ1) is 5.83.